The topological polar surface area (TPSA) is 106 Å². The molecule has 0 bridgehead atoms. The zero-order valence-corrected chi connectivity index (χ0v) is 24.4. The average molecular weight is 511 g/mol. The molecule has 5 N–H and O–H groups in total. The van der Waals surface area contributed by atoms with Gasteiger partial charge in [-0.2, -0.15) is 0 Å². The molecule has 210 valence electrons. The molecule has 0 aliphatic carbocycles. The van der Waals surface area contributed by atoms with E-state index in [4.69, 9.17) is 4.74 Å². The van der Waals surface area contributed by atoms with E-state index in [0.717, 1.165) is 24.2 Å². The molecule has 0 atom stereocenters. The number of hydrogen-bond donors (Lipinski definition) is 5. The molecule has 0 aliphatic heterocycles. The van der Waals surface area contributed by atoms with Crippen LogP contribution in [0.3, 0.4) is 0 Å². The van der Waals surface area contributed by atoms with Gasteiger partial charge >= 0.3 is 5.97 Å². The van der Waals surface area contributed by atoms with Crippen LogP contribution in [0.5, 0.6) is 0 Å². The monoisotopic (exact) mass is 510 g/mol. The van der Waals surface area contributed by atoms with Crippen molar-refractivity contribution in [1.82, 2.24) is 20.9 Å². The van der Waals surface area contributed by atoms with Crippen LogP contribution in [0.15, 0.2) is 35.6 Å². The summed E-state index contributed by atoms with van der Waals surface area (Å²) in [6, 6.07) is 0. The van der Waals surface area contributed by atoms with Crippen LogP contribution < -0.4 is 16.0 Å². The standard InChI is InChI=1S/C28H54N4O4/c1-11-24(22(2)34)15-30-19-27(5,6)21-32(13-12-25(35)36-10)16-23(17-33)14-28(7,8)31-20-26(3,4)18-29-9/h11,14,29-31,33-34H,1,12-13,15-21H2,2-10H3/b23-14-,24-22-. The van der Waals surface area contributed by atoms with Crippen molar-refractivity contribution in [1.29, 1.82) is 0 Å². The highest BCUT2D eigenvalue weighted by molar-refractivity contribution is 5.69. The van der Waals surface area contributed by atoms with Crippen molar-refractivity contribution in [2.45, 2.75) is 60.4 Å². The van der Waals surface area contributed by atoms with Gasteiger partial charge in [-0.1, -0.05) is 46.4 Å². The minimum Gasteiger partial charge on any atom is -0.512 e. The van der Waals surface area contributed by atoms with Crippen molar-refractivity contribution in [2.24, 2.45) is 10.8 Å². The molecule has 0 aromatic carbocycles. The van der Waals surface area contributed by atoms with Gasteiger partial charge in [-0.3, -0.25) is 9.69 Å². The zero-order valence-electron chi connectivity index (χ0n) is 24.4. The van der Waals surface area contributed by atoms with Crippen LogP contribution in [0, 0.1) is 10.8 Å². The van der Waals surface area contributed by atoms with Crippen molar-refractivity contribution in [2.75, 3.05) is 66.6 Å². The lowest BCUT2D eigenvalue weighted by atomic mass is 9.90. The molecule has 0 saturated heterocycles. The Bertz CT molecular complexity index is 738. The Morgan fingerprint density at radius 1 is 1.08 bits per heavy atom. The second-order valence-corrected chi connectivity index (χ2v) is 11.8. The summed E-state index contributed by atoms with van der Waals surface area (Å²) in [6.45, 7) is 23.1. The van der Waals surface area contributed by atoms with Crippen molar-refractivity contribution in [3.05, 3.63) is 35.6 Å². The summed E-state index contributed by atoms with van der Waals surface area (Å²) in [5.41, 5.74) is 1.34. The van der Waals surface area contributed by atoms with Crippen LogP contribution in [-0.2, 0) is 9.53 Å². The Kier molecular flexibility index (Phi) is 15.4. The quantitative estimate of drug-likeness (QED) is 0.0782. The fraction of sp³-hybridized carbons (Fsp3) is 0.750. The largest absolute Gasteiger partial charge is 0.512 e. The molecular formula is C28H54N4O4. The number of carbonyl (C=O) groups is 1. The third-order valence-electron chi connectivity index (χ3n) is 6.01. The first-order valence-electron chi connectivity index (χ1n) is 12.8. The highest BCUT2D eigenvalue weighted by Crippen LogP contribution is 2.20. The van der Waals surface area contributed by atoms with Gasteiger partial charge in [0.05, 0.1) is 25.9 Å². The molecule has 8 nitrogen and oxygen atoms in total. The number of hydrogen-bond acceptors (Lipinski definition) is 8. The lowest BCUT2D eigenvalue weighted by Crippen LogP contribution is -2.46. The number of rotatable bonds is 19. The first-order valence-corrected chi connectivity index (χ1v) is 12.8. The molecule has 0 heterocycles. The van der Waals surface area contributed by atoms with E-state index in [1.54, 1.807) is 13.0 Å². The predicted molar refractivity (Wildman–Crippen MR) is 150 cm³/mol. The lowest BCUT2D eigenvalue weighted by molar-refractivity contribution is -0.141. The molecule has 0 rings (SSSR count). The van der Waals surface area contributed by atoms with Gasteiger partial charge in [-0.05, 0) is 44.2 Å². The molecule has 36 heavy (non-hydrogen) atoms. The highest BCUT2D eigenvalue weighted by Gasteiger charge is 2.25. The Balaban J connectivity index is 5.45. The maximum Gasteiger partial charge on any atom is 0.306 e. The molecule has 8 heteroatoms. The van der Waals surface area contributed by atoms with Gasteiger partial charge < -0.3 is 30.9 Å². The molecule has 0 unspecified atom stereocenters. The van der Waals surface area contributed by atoms with E-state index in [-0.39, 0.29) is 41.1 Å². The van der Waals surface area contributed by atoms with Crippen LogP contribution in [0.2, 0.25) is 0 Å². The number of allylic oxidation sites excluding steroid dienone is 1. The molecule has 0 radical (unpaired) electrons. The van der Waals surface area contributed by atoms with Gasteiger partial charge in [-0.25, -0.2) is 0 Å². The molecule has 0 aromatic heterocycles. The van der Waals surface area contributed by atoms with E-state index in [2.05, 4.69) is 75.0 Å². The molecular weight excluding hydrogens is 456 g/mol. The van der Waals surface area contributed by atoms with E-state index in [1.165, 1.54) is 7.11 Å². The predicted octanol–water partition coefficient (Wildman–Crippen LogP) is 3.02. The van der Waals surface area contributed by atoms with Crippen LogP contribution in [-0.4, -0.2) is 93.2 Å². The number of aliphatic hydroxyl groups excluding tert-OH is 2. The van der Waals surface area contributed by atoms with Gasteiger partial charge in [-0.15, -0.1) is 0 Å². The fourth-order valence-corrected chi connectivity index (χ4v) is 4.11. The number of esters is 1. The van der Waals surface area contributed by atoms with Crippen molar-refractivity contribution in [3.8, 4) is 0 Å². The van der Waals surface area contributed by atoms with Crippen LogP contribution in [0.1, 0.15) is 54.9 Å². The number of methoxy groups -OCH3 is 1. The first-order chi connectivity index (χ1) is 16.6. The van der Waals surface area contributed by atoms with Gasteiger partial charge in [0.1, 0.15) is 0 Å². The minimum absolute atomic E-state index is 0.0539. The smallest absolute Gasteiger partial charge is 0.306 e. The third kappa shape index (κ3) is 15.4. The Morgan fingerprint density at radius 3 is 2.22 bits per heavy atom. The summed E-state index contributed by atoms with van der Waals surface area (Å²) in [7, 11) is 3.36. The molecule has 0 amide bonds. The van der Waals surface area contributed by atoms with Crippen LogP contribution in [0.25, 0.3) is 0 Å². The van der Waals surface area contributed by atoms with Crippen molar-refractivity contribution in [3.63, 3.8) is 0 Å². The summed E-state index contributed by atoms with van der Waals surface area (Å²) in [4.78, 5) is 14.1. The molecule has 0 spiro atoms. The molecule has 0 aliphatic rings. The summed E-state index contributed by atoms with van der Waals surface area (Å²) in [6.07, 6.45) is 4.04. The number of ether oxygens (including phenoxy) is 1. The Labute approximate surface area is 220 Å². The summed E-state index contributed by atoms with van der Waals surface area (Å²) >= 11 is 0. The SMILES string of the molecule is C=C/C(CNCC(C)(C)CN(CCC(=O)OC)C/C(=C/C(C)(C)NCC(C)(C)CNC)CO)=C(\C)O. The van der Waals surface area contributed by atoms with Crippen molar-refractivity contribution < 1.29 is 19.7 Å². The van der Waals surface area contributed by atoms with Crippen LogP contribution >= 0.6 is 0 Å². The summed E-state index contributed by atoms with van der Waals surface area (Å²) in [5.74, 6) is 0.0108. The minimum atomic E-state index is -0.302. The van der Waals surface area contributed by atoms with E-state index in [0.29, 0.717) is 32.7 Å². The number of aliphatic hydroxyl groups is 2. The van der Waals surface area contributed by atoms with E-state index < -0.39 is 0 Å². The van der Waals surface area contributed by atoms with Gasteiger partial charge in [0.15, 0.2) is 0 Å². The summed E-state index contributed by atoms with van der Waals surface area (Å²) < 4.78 is 4.86. The summed E-state index contributed by atoms with van der Waals surface area (Å²) in [5, 5.41) is 30.2. The van der Waals surface area contributed by atoms with Gasteiger partial charge in [0.2, 0.25) is 0 Å². The normalized spacial score (nSPS) is 14.1. The molecule has 0 saturated carbocycles. The lowest BCUT2D eigenvalue weighted by Gasteiger charge is -2.35. The van der Waals surface area contributed by atoms with Gasteiger partial charge in [0, 0.05) is 56.9 Å². The maximum absolute atomic E-state index is 11.9. The number of nitrogens with one attached hydrogen (secondary N) is 3. The zero-order chi connectivity index (χ0) is 28.0. The average Bonchev–Trinajstić information content (AvgIpc) is 2.77. The second-order valence-electron chi connectivity index (χ2n) is 11.8. The highest BCUT2D eigenvalue weighted by atomic mass is 16.5. The van der Waals surface area contributed by atoms with Crippen LogP contribution in [0.4, 0.5) is 0 Å². The fourth-order valence-electron chi connectivity index (χ4n) is 4.11. The van der Waals surface area contributed by atoms with E-state index in [1.807, 2.05) is 7.05 Å². The second kappa shape index (κ2) is 16.2. The van der Waals surface area contributed by atoms with Gasteiger partial charge in [0.25, 0.3) is 0 Å². The third-order valence-corrected chi connectivity index (χ3v) is 6.01. The molecule has 0 fully saturated rings. The van der Waals surface area contributed by atoms with E-state index in [9.17, 15) is 15.0 Å². The van der Waals surface area contributed by atoms with Crippen molar-refractivity contribution >= 4 is 5.97 Å². The number of carbonyl (C=O) groups excluding carboxylic acids is 1. The maximum atomic E-state index is 11.9. The Morgan fingerprint density at radius 2 is 1.72 bits per heavy atom. The van der Waals surface area contributed by atoms with E-state index >= 15 is 0 Å². The number of nitrogens with zero attached hydrogens (tertiary/aromatic N) is 1. The first kappa shape index (κ1) is 34.3. The molecule has 0 aromatic rings. The Hall–Kier alpha value is -1.71.